The summed E-state index contributed by atoms with van der Waals surface area (Å²) in [5, 5.41) is 10.3. The molecule has 3 heterocycles. The summed E-state index contributed by atoms with van der Waals surface area (Å²) in [4.78, 5) is 24.4. The van der Waals surface area contributed by atoms with Gasteiger partial charge in [0, 0.05) is 36.9 Å². The highest BCUT2D eigenvalue weighted by Crippen LogP contribution is 2.31. The molecule has 1 aliphatic rings. The molecule has 2 aromatic heterocycles. The van der Waals surface area contributed by atoms with Gasteiger partial charge in [-0.25, -0.2) is 9.78 Å². The van der Waals surface area contributed by atoms with Gasteiger partial charge in [0.15, 0.2) is 0 Å². The Bertz CT molecular complexity index is 1850. The van der Waals surface area contributed by atoms with Gasteiger partial charge in [0.1, 0.15) is 18.2 Å². The van der Waals surface area contributed by atoms with Crippen molar-refractivity contribution < 1.29 is 14.3 Å². The monoisotopic (exact) mass is 659 g/mol. The molecule has 10 nitrogen and oxygen atoms in total. The van der Waals surface area contributed by atoms with E-state index in [9.17, 15) is 4.79 Å². The first-order chi connectivity index (χ1) is 23.9. The number of amides is 1. The summed E-state index contributed by atoms with van der Waals surface area (Å²) in [6.07, 6.45) is 9.61. The first kappa shape index (κ1) is 33.7. The quantitative estimate of drug-likeness (QED) is 0.122. The average molecular weight is 660 g/mol. The lowest BCUT2D eigenvalue weighted by molar-refractivity contribution is 0.155. The molecule has 10 heteroatoms. The number of hydrogen-bond donors (Lipinski definition) is 2. The van der Waals surface area contributed by atoms with Crippen LogP contribution in [0.15, 0.2) is 85.3 Å². The predicted octanol–water partition coefficient (Wildman–Crippen LogP) is 8.06. The maximum Gasteiger partial charge on any atom is 0.413 e. The maximum atomic E-state index is 13.0. The topological polar surface area (TPSA) is 106 Å². The summed E-state index contributed by atoms with van der Waals surface area (Å²) in [6, 6.07) is 21.8. The third kappa shape index (κ3) is 9.23. The van der Waals surface area contributed by atoms with Crippen molar-refractivity contribution in [3.63, 3.8) is 0 Å². The number of piperidine rings is 1. The van der Waals surface area contributed by atoms with Crippen molar-refractivity contribution in [3.8, 4) is 16.9 Å². The Labute approximate surface area is 288 Å². The lowest BCUT2D eigenvalue weighted by Crippen LogP contribution is -2.31. The molecule has 0 aliphatic carbocycles. The van der Waals surface area contributed by atoms with E-state index in [2.05, 4.69) is 81.7 Å². The van der Waals surface area contributed by atoms with Gasteiger partial charge < -0.3 is 19.7 Å². The Morgan fingerprint density at radius 2 is 1.76 bits per heavy atom. The average Bonchev–Trinajstić information content (AvgIpc) is 3.63. The van der Waals surface area contributed by atoms with Crippen molar-refractivity contribution in [2.45, 2.75) is 59.6 Å². The van der Waals surface area contributed by atoms with Gasteiger partial charge in [0.25, 0.3) is 0 Å². The van der Waals surface area contributed by atoms with E-state index in [4.69, 9.17) is 9.47 Å². The van der Waals surface area contributed by atoms with Crippen molar-refractivity contribution in [1.29, 1.82) is 0 Å². The van der Waals surface area contributed by atoms with Gasteiger partial charge in [-0.1, -0.05) is 36.8 Å². The Hall–Kier alpha value is -5.22. The lowest BCUT2D eigenvalue weighted by Gasteiger charge is -2.26. The van der Waals surface area contributed by atoms with Gasteiger partial charge in [0.2, 0.25) is 5.95 Å². The number of nitrogens with one attached hydrogen (secondary N) is 2. The first-order valence-electron chi connectivity index (χ1n) is 17.1. The molecule has 0 unspecified atom stereocenters. The van der Waals surface area contributed by atoms with Gasteiger partial charge in [0.05, 0.1) is 13.2 Å². The minimum Gasteiger partial charge on any atom is -0.493 e. The van der Waals surface area contributed by atoms with Crippen molar-refractivity contribution in [3.05, 3.63) is 113 Å². The summed E-state index contributed by atoms with van der Waals surface area (Å²) < 4.78 is 13.7. The van der Waals surface area contributed by atoms with E-state index in [0.29, 0.717) is 24.9 Å². The van der Waals surface area contributed by atoms with Crippen LogP contribution in [-0.2, 0) is 17.9 Å². The second-order valence-electron chi connectivity index (χ2n) is 12.6. The molecule has 0 atom stereocenters. The largest absolute Gasteiger partial charge is 0.493 e. The number of anilines is 3. The number of likely N-dealkylation sites (tertiary alicyclic amines) is 1. The van der Waals surface area contributed by atoms with E-state index < -0.39 is 6.09 Å². The minimum absolute atomic E-state index is 0.0848. The number of aromatic nitrogens is 4. The normalized spacial score (nSPS) is 13.2. The van der Waals surface area contributed by atoms with Crippen LogP contribution in [0.3, 0.4) is 0 Å². The fourth-order valence-electron chi connectivity index (χ4n) is 6.18. The molecule has 0 radical (unpaired) electrons. The molecular formula is C39H45N7O3. The number of nitrogens with zero attached hydrogens (tertiary/aromatic N) is 5. The molecule has 1 fully saturated rings. The number of aryl methyl sites for hydroxylation is 1. The zero-order chi connectivity index (χ0) is 34.0. The Morgan fingerprint density at radius 1 is 0.898 bits per heavy atom. The number of rotatable bonds is 13. The van der Waals surface area contributed by atoms with Crippen molar-refractivity contribution >= 4 is 23.5 Å². The Kier molecular flexibility index (Phi) is 11.2. The van der Waals surface area contributed by atoms with Crippen LogP contribution < -0.4 is 15.4 Å². The summed E-state index contributed by atoms with van der Waals surface area (Å²) in [7, 11) is 0. The first-order valence-corrected chi connectivity index (χ1v) is 17.1. The highest BCUT2D eigenvalue weighted by Gasteiger charge is 2.15. The molecule has 49 heavy (non-hydrogen) atoms. The van der Waals surface area contributed by atoms with E-state index >= 15 is 0 Å². The Morgan fingerprint density at radius 3 is 2.59 bits per heavy atom. The van der Waals surface area contributed by atoms with Gasteiger partial charge in [-0.15, -0.1) is 0 Å². The molecule has 1 saturated heterocycles. The third-order valence-corrected chi connectivity index (χ3v) is 9.09. The zero-order valence-corrected chi connectivity index (χ0v) is 28.6. The lowest BCUT2D eigenvalue weighted by atomic mass is 9.91. The second kappa shape index (κ2) is 16.3. The smallest absolute Gasteiger partial charge is 0.413 e. The van der Waals surface area contributed by atoms with Crippen molar-refractivity contribution in [2.75, 3.05) is 36.9 Å². The van der Waals surface area contributed by atoms with Crippen LogP contribution in [0.25, 0.3) is 11.1 Å². The van der Waals surface area contributed by atoms with Crippen molar-refractivity contribution in [1.82, 2.24) is 24.6 Å². The number of ether oxygens (including phenoxy) is 2. The molecule has 0 bridgehead atoms. The Balaban J connectivity index is 1.07. The van der Waals surface area contributed by atoms with Crippen LogP contribution >= 0.6 is 0 Å². The molecule has 1 aliphatic heterocycles. The molecule has 2 N–H and O–H groups in total. The minimum atomic E-state index is -0.607. The van der Waals surface area contributed by atoms with E-state index in [1.807, 2.05) is 41.2 Å². The molecule has 3 aromatic carbocycles. The van der Waals surface area contributed by atoms with Gasteiger partial charge in [-0.05, 0) is 122 Å². The van der Waals surface area contributed by atoms with Crippen LogP contribution in [-0.4, -0.2) is 57.0 Å². The fourth-order valence-corrected chi connectivity index (χ4v) is 6.18. The van der Waals surface area contributed by atoms with Crippen molar-refractivity contribution in [2.24, 2.45) is 0 Å². The van der Waals surface area contributed by atoms with Crippen LogP contribution in [0.4, 0.5) is 22.2 Å². The third-order valence-electron chi connectivity index (χ3n) is 9.09. The van der Waals surface area contributed by atoms with Gasteiger partial charge in [-0.3, -0.25) is 10.00 Å². The molecule has 254 valence electrons. The molecule has 0 spiro atoms. The van der Waals surface area contributed by atoms with Gasteiger partial charge in [-0.2, -0.15) is 10.1 Å². The maximum absolute atomic E-state index is 13.0. The summed E-state index contributed by atoms with van der Waals surface area (Å²) >= 11 is 0. The highest BCUT2D eigenvalue weighted by molar-refractivity contribution is 5.83. The predicted molar refractivity (Wildman–Crippen MR) is 193 cm³/mol. The number of carbonyl (C=O) groups excluding carboxylic acids is 1. The summed E-state index contributed by atoms with van der Waals surface area (Å²) in [5.41, 5.74) is 8.60. The van der Waals surface area contributed by atoms with E-state index in [1.165, 1.54) is 49.0 Å². The van der Waals surface area contributed by atoms with Crippen LogP contribution in [0.1, 0.15) is 53.5 Å². The number of carbonyl (C=O) groups is 1. The number of benzene rings is 3. The van der Waals surface area contributed by atoms with Crippen LogP contribution in [0, 0.1) is 20.8 Å². The highest BCUT2D eigenvalue weighted by atomic mass is 16.5. The van der Waals surface area contributed by atoms with E-state index in [-0.39, 0.29) is 6.61 Å². The molecule has 1 amide bonds. The number of hydrogen-bond acceptors (Lipinski definition) is 8. The fraction of sp³-hybridized carbons (Fsp3) is 0.333. The summed E-state index contributed by atoms with van der Waals surface area (Å²) in [5.74, 6) is 1.45. The second-order valence-corrected chi connectivity index (χ2v) is 12.6. The van der Waals surface area contributed by atoms with E-state index in [0.717, 1.165) is 46.7 Å². The van der Waals surface area contributed by atoms with Crippen LogP contribution in [0.2, 0.25) is 0 Å². The molecule has 5 aromatic rings. The molecule has 6 rings (SSSR count). The molecular weight excluding hydrogens is 614 g/mol. The standard InChI is InChI=1S/C39H45N7O3/c1-28-12-14-35(30(3)29(28)2)36-15-13-31(26-46-22-8-17-41-46)24-32(36)27-49-39(47)44-37-16-18-40-38(43-37)42-33-10-7-11-34(25-33)48-23-9-21-45-19-5-4-6-20-45/h7-8,10-18,22,24-25H,4-6,9,19-21,23,26-27H2,1-3H3,(H2,40,42,43,44,47). The van der Waals surface area contributed by atoms with Gasteiger partial charge >= 0.3 is 6.09 Å². The van der Waals surface area contributed by atoms with Crippen LogP contribution in [0.5, 0.6) is 5.75 Å². The van der Waals surface area contributed by atoms with E-state index in [1.54, 1.807) is 18.5 Å². The zero-order valence-electron chi connectivity index (χ0n) is 28.6. The molecule has 0 saturated carbocycles. The summed E-state index contributed by atoms with van der Waals surface area (Å²) in [6.45, 7) is 11.2. The SMILES string of the molecule is Cc1ccc(-c2ccc(Cn3cccn3)cc2COC(=O)Nc2ccnc(Nc3cccc(OCCCN4CCCCC4)c3)n2)c(C)c1C.